The molecule has 118 valence electrons. The van der Waals surface area contributed by atoms with E-state index in [9.17, 15) is 9.90 Å². The van der Waals surface area contributed by atoms with Gasteiger partial charge < -0.3 is 20.6 Å². The monoisotopic (exact) mass is 293 g/mol. The van der Waals surface area contributed by atoms with E-state index in [4.69, 9.17) is 0 Å². The Kier molecular flexibility index (Phi) is 7.02. The van der Waals surface area contributed by atoms with E-state index in [0.717, 1.165) is 17.9 Å². The van der Waals surface area contributed by atoms with E-state index >= 15 is 0 Å². The number of hydrogen-bond donors (Lipinski definition) is 3. The lowest BCUT2D eigenvalue weighted by molar-refractivity contribution is 0.163. The zero-order valence-electron chi connectivity index (χ0n) is 13.4. The number of anilines is 2. The first-order valence-electron chi connectivity index (χ1n) is 7.47. The summed E-state index contributed by atoms with van der Waals surface area (Å²) in [6.45, 7) is 7.24. The molecule has 0 aliphatic rings. The zero-order chi connectivity index (χ0) is 15.8. The average molecular weight is 293 g/mol. The highest BCUT2D eigenvalue weighted by Gasteiger charge is 2.11. The maximum absolute atomic E-state index is 12.0. The Bertz CT molecular complexity index is 449. The fourth-order valence-electron chi connectivity index (χ4n) is 2.18. The molecular weight excluding hydrogens is 266 g/mol. The van der Waals surface area contributed by atoms with Gasteiger partial charge in [0, 0.05) is 20.1 Å². The molecule has 0 aromatic heterocycles. The Morgan fingerprint density at radius 1 is 1.33 bits per heavy atom. The fraction of sp³-hybridized carbons (Fsp3) is 0.562. The summed E-state index contributed by atoms with van der Waals surface area (Å²) >= 11 is 0. The second-order valence-corrected chi connectivity index (χ2v) is 5.56. The van der Waals surface area contributed by atoms with E-state index in [1.54, 1.807) is 6.92 Å². The largest absolute Gasteiger partial charge is 0.393 e. The molecule has 0 radical (unpaired) electrons. The van der Waals surface area contributed by atoms with E-state index < -0.39 is 0 Å². The summed E-state index contributed by atoms with van der Waals surface area (Å²) < 4.78 is 0. The first kappa shape index (κ1) is 17.3. The zero-order valence-corrected chi connectivity index (χ0v) is 13.4. The number of nitrogens with one attached hydrogen (secondary N) is 2. The van der Waals surface area contributed by atoms with Crippen molar-refractivity contribution >= 4 is 17.4 Å². The third-order valence-electron chi connectivity index (χ3n) is 3.39. The second-order valence-electron chi connectivity index (χ2n) is 5.56. The molecule has 0 spiro atoms. The second kappa shape index (κ2) is 8.52. The van der Waals surface area contributed by atoms with Gasteiger partial charge in [0.15, 0.2) is 0 Å². The lowest BCUT2D eigenvalue weighted by atomic mass is 10.1. The summed E-state index contributed by atoms with van der Waals surface area (Å²) in [5.41, 5.74) is 1.79. The van der Waals surface area contributed by atoms with Crippen LogP contribution in [-0.2, 0) is 0 Å². The van der Waals surface area contributed by atoms with Crippen LogP contribution in [0.2, 0.25) is 0 Å². The van der Waals surface area contributed by atoms with Crippen LogP contribution in [0.4, 0.5) is 16.2 Å². The highest BCUT2D eigenvalue weighted by molar-refractivity contribution is 5.93. The minimum atomic E-state index is -0.344. The molecular formula is C16H27N3O2. The Hall–Kier alpha value is -1.75. The molecule has 0 saturated carbocycles. The normalized spacial score (nSPS) is 13.4. The molecule has 0 saturated heterocycles. The van der Waals surface area contributed by atoms with Gasteiger partial charge in [-0.15, -0.1) is 0 Å². The van der Waals surface area contributed by atoms with Crippen LogP contribution in [0.3, 0.4) is 0 Å². The summed E-state index contributed by atoms with van der Waals surface area (Å²) in [5.74, 6) is 0.240. The van der Waals surface area contributed by atoms with E-state index in [1.165, 1.54) is 0 Å². The maximum atomic E-state index is 12.0. The highest BCUT2D eigenvalue weighted by Crippen LogP contribution is 2.24. The molecule has 0 fully saturated rings. The Labute approximate surface area is 127 Å². The van der Waals surface area contributed by atoms with Gasteiger partial charge in [0.1, 0.15) is 0 Å². The molecule has 0 bridgehead atoms. The fourth-order valence-corrected chi connectivity index (χ4v) is 2.18. The molecule has 5 heteroatoms. The molecule has 1 rings (SSSR count). The van der Waals surface area contributed by atoms with Gasteiger partial charge in [-0.3, -0.25) is 0 Å². The van der Waals surface area contributed by atoms with Crippen LogP contribution in [0.1, 0.15) is 27.2 Å². The lowest BCUT2D eigenvalue weighted by Gasteiger charge is -2.21. The maximum Gasteiger partial charge on any atom is 0.319 e. The number of amides is 2. The number of rotatable bonds is 7. The molecule has 2 atom stereocenters. The summed E-state index contributed by atoms with van der Waals surface area (Å²) in [4.78, 5) is 14.0. The van der Waals surface area contributed by atoms with Crippen LogP contribution < -0.4 is 15.5 Å². The Balaban J connectivity index is 2.55. The number of aliphatic hydroxyl groups is 1. The number of aliphatic hydroxyl groups excluding tert-OH is 1. The van der Waals surface area contributed by atoms with Crippen molar-refractivity contribution in [1.29, 1.82) is 0 Å². The number of nitrogens with zero attached hydrogens (tertiary/aromatic N) is 1. The molecule has 5 nitrogen and oxygen atoms in total. The topological polar surface area (TPSA) is 64.6 Å². The van der Waals surface area contributed by atoms with E-state index in [-0.39, 0.29) is 18.1 Å². The number of carbonyl (C=O) groups excluding carboxylic acids is 1. The van der Waals surface area contributed by atoms with Crippen molar-refractivity contribution in [2.75, 3.05) is 30.4 Å². The number of para-hydroxylation sites is 2. The van der Waals surface area contributed by atoms with Crippen LogP contribution in [0.5, 0.6) is 0 Å². The Morgan fingerprint density at radius 3 is 2.62 bits per heavy atom. The van der Waals surface area contributed by atoms with Gasteiger partial charge in [-0.2, -0.15) is 0 Å². The van der Waals surface area contributed by atoms with Crippen LogP contribution in [0, 0.1) is 5.92 Å². The first-order chi connectivity index (χ1) is 9.93. The van der Waals surface area contributed by atoms with Gasteiger partial charge in [0.2, 0.25) is 0 Å². The molecule has 1 aromatic rings. The predicted molar refractivity (Wildman–Crippen MR) is 87.9 cm³/mol. The number of carbonyl (C=O) groups is 1. The summed E-state index contributed by atoms with van der Waals surface area (Å²) in [7, 11) is 1.99. The van der Waals surface area contributed by atoms with Gasteiger partial charge in [0.25, 0.3) is 0 Å². The van der Waals surface area contributed by atoms with Crippen LogP contribution in [0.25, 0.3) is 0 Å². The minimum Gasteiger partial charge on any atom is -0.393 e. The third kappa shape index (κ3) is 6.04. The van der Waals surface area contributed by atoms with Crippen molar-refractivity contribution in [3.63, 3.8) is 0 Å². The molecule has 0 aliphatic carbocycles. The summed E-state index contributed by atoms with van der Waals surface area (Å²) in [5, 5.41) is 15.0. The van der Waals surface area contributed by atoms with Crippen molar-refractivity contribution in [1.82, 2.24) is 5.32 Å². The van der Waals surface area contributed by atoms with Crippen LogP contribution >= 0.6 is 0 Å². The van der Waals surface area contributed by atoms with Crippen molar-refractivity contribution in [2.24, 2.45) is 5.92 Å². The summed E-state index contributed by atoms with van der Waals surface area (Å²) in [6.07, 6.45) is 0.332. The van der Waals surface area contributed by atoms with Gasteiger partial charge in [-0.25, -0.2) is 4.79 Å². The molecule has 0 aliphatic heterocycles. The molecule has 2 amide bonds. The van der Waals surface area contributed by atoms with Crippen LogP contribution in [0.15, 0.2) is 24.3 Å². The third-order valence-corrected chi connectivity index (χ3v) is 3.39. The first-order valence-corrected chi connectivity index (χ1v) is 7.47. The highest BCUT2D eigenvalue weighted by atomic mass is 16.3. The predicted octanol–water partition coefficient (Wildman–Crippen LogP) is 2.67. The van der Waals surface area contributed by atoms with Gasteiger partial charge in [-0.1, -0.05) is 19.1 Å². The molecule has 1 aromatic carbocycles. The van der Waals surface area contributed by atoms with Gasteiger partial charge in [-0.05, 0) is 38.3 Å². The van der Waals surface area contributed by atoms with Crippen molar-refractivity contribution in [3.05, 3.63) is 24.3 Å². The SMILES string of the molecule is CCN(C)c1ccccc1NC(=O)NCC(C)CC(C)O. The number of benzene rings is 1. The van der Waals surface area contributed by atoms with E-state index in [1.807, 2.05) is 38.2 Å². The molecule has 2 unspecified atom stereocenters. The standard InChI is InChI=1S/C16H27N3O2/c1-5-19(4)15-9-7-6-8-14(15)18-16(21)17-11-12(2)10-13(3)20/h6-9,12-13,20H,5,10-11H2,1-4H3,(H2,17,18,21). The van der Waals surface area contributed by atoms with Crippen molar-refractivity contribution in [2.45, 2.75) is 33.3 Å². The Morgan fingerprint density at radius 2 is 2.00 bits per heavy atom. The van der Waals surface area contributed by atoms with E-state index in [0.29, 0.717) is 13.0 Å². The smallest absolute Gasteiger partial charge is 0.319 e. The number of urea groups is 1. The quantitative estimate of drug-likeness (QED) is 0.724. The minimum absolute atomic E-state index is 0.218. The van der Waals surface area contributed by atoms with Crippen molar-refractivity contribution < 1.29 is 9.90 Å². The van der Waals surface area contributed by atoms with Crippen molar-refractivity contribution in [3.8, 4) is 0 Å². The molecule has 0 heterocycles. The van der Waals surface area contributed by atoms with Gasteiger partial charge in [0.05, 0.1) is 17.5 Å². The van der Waals surface area contributed by atoms with Gasteiger partial charge >= 0.3 is 6.03 Å². The average Bonchev–Trinajstić information content (AvgIpc) is 2.44. The number of hydrogen-bond acceptors (Lipinski definition) is 3. The molecule has 21 heavy (non-hydrogen) atoms. The van der Waals surface area contributed by atoms with E-state index in [2.05, 4.69) is 22.5 Å². The van der Waals surface area contributed by atoms with Crippen LogP contribution in [-0.4, -0.2) is 37.4 Å². The lowest BCUT2D eigenvalue weighted by Crippen LogP contribution is -2.33. The molecule has 3 N–H and O–H groups in total. The summed E-state index contributed by atoms with van der Waals surface area (Å²) in [6, 6.07) is 7.51.